The Bertz CT molecular complexity index is 542. The molecule has 0 aliphatic rings. The molecule has 1 atom stereocenters. The van der Waals surface area contributed by atoms with Crippen LogP contribution in [0.2, 0.25) is 0 Å². The number of aryl methyl sites for hydroxylation is 1. The maximum atomic E-state index is 6.22. The van der Waals surface area contributed by atoms with Crippen molar-refractivity contribution in [3.63, 3.8) is 0 Å². The summed E-state index contributed by atoms with van der Waals surface area (Å²) in [5.74, 6) is 0.927. The molecule has 19 heavy (non-hydrogen) atoms. The molecule has 0 bridgehead atoms. The zero-order valence-electron chi connectivity index (χ0n) is 11.0. The van der Waals surface area contributed by atoms with Crippen LogP contribution in [-0.2, 0) is 6.42 Å². The fourth-order valence-electron chi connectivity index (χ4n) is 1.96. The van der Waals surface area contributed by atoms with Crippen LogP contribution in [0.3, 0.4) is 0 Å². The smallest absolute Gasteiger partial charge is 0.0311 e. The van der Waals surface area contributed by atoms with Crippen molar-refractivity contribution in [3.8, 4) is 0 Å². The van der Waals surface area contributed by atoms with Gasteiger partial charge in [0.05, 0.1) is 0 Å². The largest absolute Gasteiger partial charge is 0.327 e. The summed E-state index contributed by atoms with van der Waals surface area (Å²) in [4.78, 5) is 1.25. The lowest BCUT2D eigenvalue weighted by Gasteiger charge is -2.12. The first-order valence-electron chi connectivity index (χ1n) is 6.33. The van der Waals surface area contributed by atoms with E-state index in [1.807, 2.05) is 6.07 Å². The molecule has 0 saturated carbocycles. The van der Waals surface area contributed by atoms with Crippen molar-refractivity contribution in [2.45, 2.75) is 24.3 Å². The average molecular weight is 336 g/mol. The first kappa shape index (κ1) is 14.6. The molecular weight excluding hydrogens is 318 g/mol. The Morgan fingerprint density at radius 2 is 1.95 bits per heavy atom. The van der Waals surface area contributed by atoms with E-state index < -0.39 is 0 Å². The van der Waals surface area contributed by atoms with Gasteiger partial charge in [-0.05, 0) is 47.0 Å². The Kier molecular flexibility index (Phi) is 5.49. The van der Waals surface area contributed by atoms with Gasteiger partial charge in [-0.25, -0.2) is 0 Å². The van der Waals surface area contributed by atoms with Gasteiger partial charge < -0.3 is 5.73 Å². The molecule has 0 aromatic heterocycles. The highest BCUT2D eigenvalue weighted by Gasteiger charge is 2.07. The van der Waals surface area contributed by atoms with Crippen LogP contribution in [-0.4, -0.2) is 11.8 Å². The van der Waals surface area contributed by atoms with Gasteiger partial charge in [-0.2, -0.15) is 0 Å². The highest BCUT2D eigenvalue weighted by atomic mass is 79.9. The van der Waals surface area contributed by atoms with Crippen LogP contribution in [0.4, 0.5) is 0 Å². The van der Waals surface area contributed by atoms with Crippen molar-refractivity contribution in [1.29, 1.82) is 0 Å². The second-order valence-electron chi connectivity index (χ2n) is 4.69. The fraction of sp³-hybridized carbons (Fsp3) is 0.250. The molecule has 2 aromatic carbocycles. The summed E-state index contributed by atoms with van der Waals surface area (Å²) in [5, 5.41) is 0. The third kappa shape index (κ3) is 4.68. The van der Waals surface area contributed by atoms with E-state index in [4.69, 9.17) is 5.73 Å². The van der Waals surface area contributed by atoms with E-state index in [-0.39, 0.29) is 6.04 Å². The van der Waals surface area contributed by atoms with Crippen molar-refractivity contribution >= 4 is 27.7 Å². The van der Waals surface area contributed by atoms with E-state index >= 15 is 0 Å². The van der Waals surface area contributed by atoms with Gasteiger partial charge in [-0.3, -0.25) is 0 Å². The van der Waals surface area contributed by atoms with Gasteiger partial charge >= 0.3 is 0 Å². The fourth-order valence-corrected chi connectivity index (χ4v) is 3.48. The van der Waals surface area contributed by atoms with Gasteiger partial charge in [-0.1, -0.05) is 42.0 Å². The third-order valence-corrected chi connectivity index (χ3v) is 5.09. The van der Waals surface area contributed by atoms with E-state index in [0.29, 0.717) is 0 Å². The van der Waals surface area contributed by atoms with Crippen LogP contribution in [0.1, 0.15) is 11.1 Å². The summed E-state index contributed by atoms with van der Waals surface area (Å²) in [6, 6.07) is 17.0. The van der Waals surface area contributed by atoms with Gasteiger partial charge in [0.2, 0.25) is 0 Å². The van der Waals surface area contributed by atoms with Gasteiger partial charge in [-0.15, -0.1) is 11.8 Å². The van der Waals surface area contributed by atoms with E-state index in [9.17, 15) is 0 Å². The summed E-state index contributed by atoms with van der Waals surface area (Å²) >= 11 is 5.37. The van der Waals surface area contributed by atoms with Gasteiger partial charge in [0.15, 0.2) is 0 Å². The van der Waals surface area contributed by atoms with Crippen LogP contribution in [0, 0.1) is 6.92 Å². The Morgan fingerprint density at radius 1 is 1.16 bits per heavy atom. The molecule has 0 saturated heterocycles. The standard InChI is InChI=1S/C16H18BrNS/c1-12-5-4-6-13(9-12)10-14(18)11-19-16-8-3-2-7-15(16)17/h2-9,14H,10-11,18H2,1H3. The number of thioether (sulfide) groups is 1. The summed E-state index contributed by atoms with van der Waals surface area (Å²) in [6.45, 7) is 2.12. The minimum Gasteiger partial charge on any atom is -0.327 e. The molecule has 0 spiro atoms. The Morgan fingerprint density at radius 3 is 2.68 bits per heavy atom. The van der Waals surface area contributed by atoms with E-state index in [1.165, 1.54) is 16.0 Å². The number of benzene rings is 2. The van der Waals surface area contributed by atoms with Crippen LogP contribution >= 0.6 is 27.7 Å². The predicted molar refractivity (Wildman–Crippen MR) is 87.7 cm³/mol. The van der Waals surface area contributed by atoms with Crippen LogP contribution in [0.25, 0.3) is 0 Å². The monoisotopic (exact) mass is 335 g/mol. The zero-order valence-corrected chi connectivity index (χ0v) is 13.4. The lowest BCUT2D eigenvalue weighted by molar-refractivity contribution is 0.748. The van der Waals surface area contributed by atoms with Gasteiger partial charge in [0.1, 0.15) is 0 Å². The molecule has 0 aliphatic heterocycles. The number of nitrogens with two attached hydrogens (primary N) is 1. The average Bonchev–Trinajstić information content (AvgIpc) is 2.38. The lowest BCUT2D eigenvalue weighted by atomic mass is 10.1. The Labute approximate surface area is 127 Å². The molecule has 0 fully saturated rings. The molecule has 2 aromatic rings. The first-order valence-corrected chi connectivity index (χ1v) is 8.11. The molecule has 2 N–H and O–H groups in total. The number of halogens is 1. The van der Waals surface area contributed by atoms with E-state index in [1.54, 1.807) is 11.8 Å². The Hall–Kier alpha value is -0.770. The quantitative estimate of drug-likeness (QED) is 0.818. The normalized spacial score (nSPS) is 12.4. The molecule has 0 aliphatic carbocycles. The minimum absolute atomic E-state index is 0.180. The van der Waals surface area contributed by atoms with Crippen LogP contribution < -0.4 is 5.73 Å². The first-order chi connectivity index (χ1) is 9.15. The number of hydrogen-bond acceptors (Lipinski definition) is 2. The molecule has 3 heteroatoms. The summed E-state index contributed by atoms with van der Waals surface area (Å²) in [6.07, 6.45) is 0.930. The topological polar surface area (TPSA) is 26.0 Å². The van der Waals surface area contributed by atoms with E-state index in [0.717, 1.165) is 16.6 Å². The second kappa shape index (κ2) is 7.13. The molecule has 100 valence electrons. The molecule has 1 unspecified atom stereocenters. The summed E-state index contributed by atoms with van der Waals surface area (Å²) < 4.78 is 1.14. The number of rotatable bonds is 5. The number of hydrogen-bond donors (Lipinski definition) is 1. The molecular formula is C16H18BrNS. The third-order valence-electron chi connectivity index (χ3n) is 2.87. The highest BCUT2D eigenvalue weighted by molar-refractivity contribution is 9.10. The SMILES string of the molecule is Cc1cccc(CC(N)CSc2ccccc2Br)c1. The van der Waals surface area contributed by atoms with Crippen molar-refractivity contribution < 1.29 is 0 Å². The van der Waals surface area contributed by atoms with Crippen LogP contribution in [0.15, 0.2) is 57.9 Å². The van der Waals surface area contributed by atoms with Crippen molar-refractivity contribution in [2.75, 3.05) is 5.75 Å². The van der Waals surface area contributed by atoms with Gasteiger partial charge in [0, 0.05) is 21.2 Å². The molecule has 1 nitrogen and oxygen atoms in total. The highest BCUT2D eigenvalue weighted by Crippen LogP contribution is 2.27. The molecule has 0 radical (unpaired) electrons. The molecule has 0 amide bonds. The maximum Gasteiger partial charge on any atom is 0.0311 e. The molecule has 2 rings (SSSR count). The zero-order chi connectivity index (χ0) is 13.7. The molecule has 0 heterocycles. The second-order valence-corrected chi connectivity index (χ2v) is 6.61. The lowest BCUT2D eigenvalue weighted by Crippen LogP contribution is -2.25. The van der Waals surface area contributed by atoms with E-state index in [2.05, 4.69) is 65.3 Å². The Balaban J connectivity index is 1.88. The van der Waals surface area contributed by atoms with Crippen molar-refractivity contribution in [3.05, 3.63) is 64.1 Å². The van der Waals surface area contributed by atoms with Crippen molar-refractivity contribution in [2.24, 2.45) is 5.73 Å². The van der Waals surface area contributed by atoms with Crippen molar-refractivity contribution in [1.82, 2.24) is 0 Å². The minimum atomic E-state index is 0.180. The predicted octanol–water partition coefficient (Wildman–Crippen LogP) is 4.42. The van der Waals surface area contributed by atoms with Crippen LogP contribution in [0.5, 0.6) is 0 Å². The summed E-state index contributed by atoms with van der Waals surface area (Å²) in [7, 11) is 0. The summed E-state index contributed by atoms with van der Waals surface area (Å²) in [5.41, 5.74) is 8.83. The maximum absolute atomic E-state index is 6.22. The van der Waals surface area contributed by atoms with Gasteiger partial charge in [0.25, 0.3) is 0 Å².